The average molecular weight is 611 g/mol. The van der Waals surface area contributed by atoms with E-state index in [-0.39, 0.29) is 16.3 Å². The van der Waals surface area contributed by atoms with Crippen LogP contribution in [0.25, 0.3) is 6.08 Å². The van der Waals surface area contributed by atoms with Crippen molar-refractivity contribution in [2.75, 3.05) is 7.11 Å². The van der Waals surface area contributed by atoms with Crippen molar-refractivity contribution in [2.45, 2.75) is 83.1 Å². The fourth-order valence-corrected chi connectivity index (χ4v) is 4.81. The third-order valence-electron chi connectivity index (χ3n) is 8.99. The van der Waals surface area contributed by atoms with Gasteiger partial charge in [-0.05, 0) is 168 Å². The number of methoxy groups -OCH3 is 1. The van der Waals surface area contributed by atoms with Crippen LogP contribution in [0.15, 0.2) is 60.7 Å². The zero-order chi connectivity index (χ0) is 33.3. The maximum atomic E-state index is 12.5. The Hall–Kier alpha value is -4.31. The standard InChI is InChI=1S/C21H24O.C11H14O.C9H12O.FH/c1-13-7-9-19(17(5)15(13)3)10-12-21(22)20-11-8-14(2)16(4)18(20)6;1-7-5-6-11(10(4)12)9(3)8(7)2;1-7-4-5-9(10-3)6-8(7)2;/h7-12H,1-6H3;5-6H,1-4H3;4-6H,1-3H3;1H/b12-10+;;;. The molecule has 4 rings (SSSR count). The Balaban J connectivity index is 0.000000371. The van der Waals surface area contributed by atoms with Gasteiger partial charge < -0.3 is 4.74 Å². The Labute approximate surface area is 270 Å². The van der Waals surface area contributed by atoms with E-state index in [9.17, 15) is 9.59 Å². The molecule has 0 aliphatic carbocycles. The number of Topliss-reactive ketones (excluding diaryl/α,β-unsaturated/α-hetero) is 1. The Kier molecular flexibility index (Phi) is 14.8. The van der Waals surface area contributed by atoms with Gasteiger partial charge in [-0.3, -0.25) is 14.3 Å². The van der Waals surface area contributed by atoms with E-state index in [4.69, 9.17) is 4.74 Å². The van der Waals surface area contributed by atoms with E-state index in [1.165, 1.54) is 50.1 Å². The Morgan fingerprint density at radius 2 is 0.978 bits per heavy atom. The molecule has 0 N–H and O–H groups in total. The summed E-state index contributed by atoms with van der Waals surface area (Å²) < 4.78 is 5.05. The SMILES string of the molecule is CC(=O)c1ccc(C)c(C)c1C.COc1ccc(C)c(C)c1.Cc1ccc(/C=C/C(=O)c2ccc(C)c(C)c2C)c(C)c1C.F. The van der Waals surface area contributed by atoms with Crippen LogP contribution in [0, 0.1) is 76.2 Å². The van der Waals surface area contributed by atoms with Crippen molar-refractivity contribution >= 4 is 17.6 Å². The number of aryl methyl sites for hydroxylation is 5. The fourth-order valence-electron chi connectivity index (χ4n) is 4.81. The third-order valence-corrected chi connectivity index (χ3v) is 8.99. The van der Waals surface area contributed by atoms with Gasteiger partial charge in [0.05, 0.1) is 7.11 Å². The molecule has 4 heteroatoms. The average Bonchev–Trinajstić information content (AvgIpc) is 2.99. The number of hydrogen-bond acceptors (Lipinski definition) is 3. The van der Waals surface area contributed by atoms with E-state index < -0.39 is 0 Å². The highest BCUT2D eigenvalue weighted by Gasteiger charge is 2.10. The first-order valence-corrected chi connectivity index (χ1v) is 15.2. The molecule has 0 saturated carbocycles. The quantitative estimate of drug-likeness (QED) is 0.167. The van der Waals surface area contributed by atoms with E-state index in [2.05, 4.69) is 80.5 Å². The summed E-state index contributed by atoms with van der Waals surface area (Å²) in [5, 5.41) is 0. The van der Waals surface area contributed by atoms with Gasteiger partial charge in [0.15, 0.2) is 11.6 Å². The van der Waals surface area contributed by atoms with Crippen molar-refractivity contribution < 1.29 is 19.0 Å². The molecule has 0 aromatic heterocycles. The molecule has 0 unspecified atom stereocenters. The molecular formula is C41H51FO3. The number of halogens is 1. The van der Waals surface area contributed by atoms with Crippen LogP contribution in [0.3, 0.4) is 0 Å². The molecular weight excluding hydrogens is 559 g/mol. The maximum absolute atomic E-state index is 12.5. The van der Waals surface area contributed by atoms with E-state index in [0.29, 0.717) is 0 Å². The van der Waals surface area contributed by atoms with Crippen LogP contribution in [0.2, 0.25) is 0 Å². The predicted molar refractivity (Wildman–Crippen MR) is 190 cm³/mol. The van der Waals surface area contributed by atoms with Crippen LogP contribution in [-0.2, 0) is 0 Å². The lowest BCUT2D eigenvalue weighted by atomic mass is 9.95. The molecule has 0 radical (unpaired) electrons. The summed E-state index contributed by atoms with van der Waals surface area (Å²) in [5.74, 6) is 1.15. The van der Waals surface area contributed by atoms with E-state index in [1.54, 1.807) is 20.1 Å². The summed E-state index contributed by atoms with van der Waals surface area (Å²) >= 11 is 0. The van der Waals surface area contributed by atoms with Crippen molar-refractivity contribution in [1.82, 2.24) is 0 Å². The zero-order valence-electron chi connectivity index (χ0n) is 29.5. The topological polar surface area (TPSA) is 43.4 Å². The lowest BCUT2D eigenvalue weighted by molar-refractivity contribution is 0.101. The number of carbonyl (C=O) groups is 2. The molecule has 0 fully saturated rings. The van der Waals surface area contributed by atoms with Crippen molar-refractivity contribution in [3.8, 4) is 5.75 Å². The second-order valence-electron chi connectivity index (χ2n) is 11.8. The van der Waals surface area contributed by atoms with Crippen LogP contribution in [-0.4, -0.2) is 18.7 Å². The molecule has 0 saturated heterocycles. The molecule has 0 spiro atoms. The fraction of sp³-hybridized carbons (Fsp3) is 0.317. The maximum Gasteiger partial charge on any atom is 0.186 e. The zero-order valence-corrected chi connectivity index (χ0v) is 29.5. The number of carbonyl (C=O) groups excluding carboxylic acids is 2. The summed E-state index contributed by atoms with van der Waals surface area (Å²) in [6, 6.07) is 18.1. The highest BCUT2D eigenvalue weighted by atomic mass is 19.0. The van der Waals surface area contributed by atoms with Crippen molar-refractivity contribution in [1.29, 1.82) is 0 Å². The molecule has 0 atom stereocenters. The molecule has 0 aliphatic rings. The first-order valence-electron chi connectivity index (χ1n) is 15.2. The molecule has 0 heterocycles. The van der Waals surface area contributed by atoms with Gasteiger partial charge in [0.2, 0.25) is 0 Å². The van der Waals surface area contributed by atoms with Gasteiger partial charge in [-0.15, -0.1) is 0 Å². The molecule has 0 aliphatic heterocycles. The number of ether oxygens (including phenoxy) is 1. The van der Waals surface area contributed by atoms with Crippen molar-refractivity contribution in [3.05, 3.63) is 139 Å². The summed E-state index contributed by atoms with van der Waals surface area (Å²) in [4.78, 5) is 23.6. The largest absolute Gasteiger partial charge is 0.497 e. The Bertz CT molecular complexity index is 1690. The number of allylic oxidation sites excluding steroid dienone is 1. The summed E-state index contributed by atoms with van der Waals surface area (Å²) in [5.41, 5.74) is 16.2. The van der Waals surface area contributed by atoms with Gasteiger partial charge in [-0.2, -0.15) is 0 Å². The van der Waals surface area contributed by atoms with Crippen molar-refractivity contribution in [2.24, 2.45) is 0 Å². The van der Waals surface area contributed by atoms with Gasteiger partial charge in [0, 0.05) is 11.1 Å². The third kappa shape index (κ3) is 10.1. The minimum atomic E-state index is 0. The van der Waals surface area contributed by atoms with Gasteiger partial charge in [-0.25, -0.2) is 0 Å². The summed E-state index contributed by atoms with van der Waals surface area (Å²) in [6.07, 6.45) is 3.62. The lowest BCUT2D eigenvalue weighted by Crippen LogP contribution is -2.01. The monoisotopic (exact) mass is 610 g/mol. The minimum absolute atomic E-state index is 0. The van der Waals surface area contributed by atoms with Gasteiger partial charge in [-0.1, -0.05) is 48.5 Å². The second-order valence-corrected chi connectivity index (χ2v) is 11.8. The Morgan fingerprint density at radius 1 is 0.533 bits per heavy atom. The first-order chi connectivity index (χ1) is 20.6. The number of rotatable bonds is 5. The lowest BCUT2D eigenvalue weighted by Gasteiger charge is -2.09. The molecule has 4 aromatic rings. The van der Waals surface area contributed by atoms with Crippen LogP contribution < -0.4 is 4.74 Å². The minimum Gasteiger partial charge on any atom is -0.497 e. The van der Waals surface area contributed by atoms with Crippen molar-refractivity contribution in [3.63, 3.8) is 0 Å². The van der Waals surface area contributed by atoms with E-state index in [0.717, 1.165) is 33.6 Å². The predicted octanol–water partition coefficient (Wildman–Crippen LogP) is 10.7. The van der Waals surface area contributed by atoms with Gasteiger partial charge in [0.1, 0.15) is 5.75 Å². The first kappa shape index (κ1) is 38.7. The van der Waals surface area contributed by atoms with Gasteiger partial charge in [0.25, 0.3) is 0 Å². The molecule has 0 amide bonds. The van der Waals surface area contributed by atoms with Crippen LogP contribution in [0.5, 0.6) is 5.75 Å². The number of benzene rings is 4. The van der Waals surface area contributed by atoms with E-state index >= 15 is 0 Å². The highest BCUT2D eigenvalue weighted by molar-refractivity contribution is 6.08. The molecule has 3 nitrogen and oxygen atoms in total. The Morgan fingerprint density at radius 3 is 1.47 bits per heavy atom. The van der Waals surface area contributed by atoms with Crippen LogP contribution >= 0.6 is 0 Å². The van der Waals surface area contributed by atoms with Crippen LogP contribution in [0.4, 0.5) is 4.70 Å². The van der Waals surface area contributed by atoms with Gasteiger partial charge >= 0.3 is 0 Å². The summed E-state index contributed by atoms with van der Waals surface area (Å²) in [6.45, 7) is 24.4. The van der Waals surface area contributed by atoms with E-state index in [1.807, 2.05) is 56.3 Å². The number of hydrogen-bond donors (Lipinski definition) is 0. The van der Waals surface area contributed by atoms with Crippen LogP contribution in [0.1, 0.15) is 94.4 Å². The smallest absolute Gasteiger partial charge is 0.186 e. The molecule has 0 bridgehead atoms. The highest BCUT2D eigenvalue weighted by Crippen LogP contribution is 2.21. The normalized spacial score (nSPS) is 10.2. The summed E-state index contributed by atoms with van der Waals surface area (Å²) in [7, 11) is 1.68. The second kappa shape index (κ2) is 17.2. The molecule has 240 valence electrons. The molecule has 4 aromatic carbocycles. The molecule has 45 heavy (non-hydrogen) atoms. The number of ketones is 2.